The van der Waals surface area contributed by atoms with Gasteiger partial charge in [0.2, 0.25) is 5.91 Å². The van der Waals surface area contributed by atoms with E-state index in [0.717, 1.165) is 25.8 Å². The molecule has 20 heavy (non-hydrogen) atoms. The predicted octanol–water partition coefficient (Wildman–Crippen LogP) is 2.67. The van der Waals surface area contributed by atoms with E-state index in [4.69, 9.17) is 5.11 Å². The zero-order valence-electron chi connectivity index (χ0n) is 12.1. The largest absolute Gasteiger partial charge is 0.481 e. The number of nitrogens with zero attached hydrogens (tertiary/aromatic N) is 1. The molecule has 1 heterocycles. The van der Waals surface area contributed by atoms with Crippen LogP contribution in [0.1, 0.15) is 57.8 Å². The molecule has 2 aliphatic carbocycles. The third kappa shape index (κ3) is 2.57. The Morgan fingerprint density at radius 1 is 0.900 bits per heavy atom. The summed E-state index contributed by atoms with van der Waals surface area (Å²) in [5.41, 5.74) is 0. The molecule has 1 saturated heterocycles. The van der Waals surface area contributed by atoms with Gasteiger partial charge in [-0.3, -0.25) is 9.59 Å². The van der Waals surface area contributed by atoms with Crippen molar-refractivity contribution >= 4 is 11.9 Å². The van der Waals surface area contributed by atoms with E-state index in [2.05, 4.69) is 4.90 Å². The Labute approximate surface area is 120 Å². The summed E-state index contributed by atoms with van der Waals surface area (Å²) in [6.07, 6.45) is 9.46. The Morgan fingerprint density at radius 2 is 1.60 bits per heavy atom. The standard InChI is InChI=1S/C16H25NO3/c18-15(12-7-8-13(10-12)16(19)20)17-9-3-6-14(17)11-4-1-2-5-11/h11-14H,1-10H2,(H,19,20)/t12-,13+,14?/m0/s1. The highest BCUT2D eigenvalue weighted by atomic mass is 16.4. The van der Waals surface area contributed by atoms with Crippen LogP contribution < -0.4 is 0 Å². The molecule has 0 aromatic carbocycles. The summed E-state index contributed by atoms with van der Waals surface area (Å²) in [5, 5.41) is 9.08. The Hall–Kier alpha value is -1.06. The molecule has 1 aliphatic heterocycles. The fraction of sp³-hybridized carbons (Fsp3) is 0.875. The molecule has 3 fully saturated rings. The summed E-state index contributed by atoms with van der Waals surface area (Å²) in [4.78, 5) is 25.9. The second-order valence-electron chi connectivity index (χ2n) is 6.83. The number of hydrogen-bond acceptors (Lipinski definition) is 2. The molecule has 4 nitrogen and oxygen atoms in total. The van der Waals surface area contributed by atoms with Crippen LogP contribution in [0.25, 0.3) is 0 Å². The third-order valence-corrected chi connectivity index (χ3v) is 5.66. The molecule has 0 aromatic heterocycles. The van der Waals surface area contributed by atoms with Gasteiger partial charge in [-0.05, 0) is 50.9 Å². The normalized spacial score (nSPS) is 34.8. The van der Waals surface area contributed by atoms with Gasteiger partial charge in [-0.1, -0.05) is 12.8 Å². The number of amides is 1. The summed E-state index contributed by atoms with van der Waals surface area (Å²) in [7, 11) is 0. The van der Waals surface area contributed by atoms with Crippen LogP contribution in [0.2, 0.25) is 0 Å². The van der Waals surface area contributed by atoms with Gasteiger partial charge >= 0.3 is 5.97 Å². The van der Waals surface area contributed by atoms with Crippen molar-refractivity contribution in [2.24, 2.45) is 17.8 Å². The SMILES string of the molecule is O=C(O)[C@@H]1CC[C@H](C(=O)N2CCCC2C2CCCC2)C1. The van der Waals surface area contributed by atoms with Gasteiger partial charge < -0.3 is 10.0 Å². The van der Waals surface area contributed by atoms with E-state index >= 15 is 0 Å². The first kappa shape index (κ1) is 13.9. The van der Waals surface area contributed by atoms with Gasteiger partial charge in [0, 0.05) is 18.5 Å². The first-order valence-electron chi connectivity index (χ1n) is 8.20. The summed E-state index contributed by atoms with van der Waals surface area (Å²) in [6, 6.07) is 0.453. The molecule has 3 aliphatic rings. The number of likely N-dealkylation sites (tertiary alicyclic amines) is 1. The van der Waals surface area contributed by atoms with Crippen molar-refractivity contribution in [2.45, 2.75) is 63.8 Å². The molecule has 0 spiro atoms. The highest BCUT2D eigenvalue weighted by Gasteiger charge is 2.41. The van der Waals surface area contributed by atoms with E-state index in [1.807, 2.05) is 0 Å². The molecular formula is C16H25NO3. The van der Waals surface area contributed by atoms with E-state index in [9.17, 15) is 9.59 Å². The second kappa shape index (κ2) is 5.74. The third-order valence-electron chi connectivity index (χ3n) is 5.66. The van der Waals surface area contributed by atoms with Crippen molar-refractivity contribution in [3.05, 3.63) is 0 Å². The quantitative estimate of drug-likeness (QED) is 0.864. The smallest absolute Gasteiger partial charge is 0.306 e. The van der Waals surface area contributed by atoms with Gasteiger partial charge in [-0.25, -0.2) is 0 Å². The average Bonchev–Trinajstić information content (AvgIpc) is 3.17. The number of aliphatic carboxylic acids is 1. The van der Waals surface area contributed by atoms with Crippen LogP contribution in [-0.4, -0.2) is 34.5 Å². The highest BCUT2D eigenvalue weighted by molar-refractivity contribution is 5.81. The van der Waals surface area contributed by atoms with Crippen molar-refractivity contribution in [2.75, 3.05) is 6.54 Å². The topological polar surface area (TPSA) is 57.6 Å². The predicted molar refractivity (Wildman–Crippen MR) is 75.2 cm³/mol. The van der Waals surface area contributed by atoms with E-state index in [1.54, 1.807) is 0 Å². The van der Waals surface area contributed by atoms with E-state index in [1.165, 1.54) is 25.7 Å². The summed E-state index contributed by atoms with van der Waals surface area (Å²) >= 11 is 0. The molecule has 112 valence electrons. The van der Waals surface area contributed by atoms with Crippen LogP contribution in [0.15, 0.2) is 0 Å². The van der Waals surface area contributed by atoms with Crippen molar-refractivity contribution in [3.63, 3.8) is 0 Å². The molecule has 2 saturated carbocycles. The monoisotopic (exact) mass is 279 g/mol. The number of carbonyl (C=O) groups is 2. The lowest BCUT2D eigenvalue weighted by molar-refractivity contribution is -0.142. The molecule has 0 bridgehead atoms. The fourth-order valence-corrected chi connectivity index (χ4v) is 4.56. The first-order chi connectivity index (χ1) is 9.66. The maximum atomic E-state index is 12.7. The Kier molecular flexibility index (Phi) is 3.99. The maximum Gasteiger partial charge on any atom is 0.306 e. The second-order valence-corrected chi connectivity index (χ2v) is 6.83. The molecule has 1 N–H and O–H groups in total. The van der Waals surface area contributed by atoms with Gasteiger partial charge in [0.1, 0.15) is 0 Å². The first-order valence-corrected chi connectivity index (χ1v) is 8.20. The highest BCUT2D eigenvalue weighted by Crippen LogP contribution is 2.38. The van der Waals surface area contributed by atoms with Gasteiger partial charge in [-0.2, -0.15) is 0 Å². The molecule has 1 amide bonds. The van der Waals surface area contributed by atoms with Crippen LogP contribution >= 0.6 is 0 Å². The number of carbonyl (C=O) groups excluding carboxylic acids is 1. The summed E-state index contributed by atoms with van der Waals surface area (Å²) < 4.78 is 0. The van der Waals surface area contributed by atoms with Crippen LogP contribution in [0, 0.1) is 17.8 Å². The van der Waals surface area contributed by atoms with E-state index in [-0.39, 0.29) is 17.7 Å². The van der Waals surface area contributed by atoms with Crippen LogP contribution in [0.3, 0.4) is 0 Å². The van der Waals surface area contributed by atoms with Gasteiger partial charge in [0.15, 0.2) is 0 Å². The van der Waals surface area contributed by atoms with Crippen molar-refractivity contribution in [3.8, 4) is 0 Å². The minimum atomic E-state index is -0.728. The zero-order valence-corrected chi connectivity index (χ0v) is 12.1. The molecule has 1 unspecified atom stereocenters. The Balaban J connectivity index is 1.62. The summed E-state index contributed by atoms with van der Waals surface area (Å²) in [6.45, 7) is 0.897. The number of carboxylic acids is 1. The molecule has 0 aromatic rings. The van der Waals surface area contributed by atoms with Gasteiger partial charge in [0.25, 0.3) is 0 Å². The molecular weight excluding hydrogens is 254 g/mol. The Bertz CT molecular complexity index is 389. The zero-order chi connectivity index (χ0) is 14.1. The van der Waals surface area contributed by atoms with E-state index < -0.39 is 5.97 Å². The van der Waals surface area contributed by atoms with Gasteiger partial charge in [-0.15, -0.1) is 0 Å². The number of rotatable bonds is 3. The van der Waals surface area contributed by atoms with Crippen molar-refractivity contribution in [1.29, 1.82) is 0 Å². The maximum absolute atomic E-state index is 12.7. The lowest BCUT2D eigenvalue weighted by Gasteiger charge is -2.31. The average molecular weight is 279 g/mol. The van der Waals surface area contributed by atoms with Crippen LogP contribution in [-0.2, 0) is 9.59 Å². The lowest BCUT2D eigenvalue weighted by Crippen LogP contribution is -2.42. The van der Waals surface area contributed by atoms with E-state index in [0.29, 0.717) is 24.8 Å². The molecule has 0 radical (unpaired) electrons. The van der Waals surface area contributed by atoms with Crippen LogP contribution in [0.5, 0.6) is 0 Å². The van der Waals surface area contributed by atoms with Crippen molar-refractivity contribution in [1.82, 2.24) is 4.90 Å². The molecule has 3 rings (SSSR count). The lowest BCUT2D eigenvalue weighted by atomic mass is 9.94. The number of hydrogen-bond donors (Lipinski definition) is 1. The molecule has 4 heteroatoms. The van der Waals surface area contributed by atoms with Gasteiger partial charge in [0.05, 0.1) is 5.92 Å². The van der Waals surface area contributed by atoms with Crippen molar-refractivity contribution < 1.29 is 14.7 Å². The number of carboxylic acid groups (broad SMARTS) is 1. The fourth-order valence-electron chi connectivity index (χ4n) is 4.56. The van der Waals surface area contributed by atoms with Crippen LogP contribution in [0.4, 0.5) is 0 Å². The summed E-state index contributed by atoms with van der Waals surface area (Å²) in [5.74, 6) is -0.0927. The minimum Gasteiger partial charge on any atom is -0.481 e. The minimum absolute atomic E-state index is 0.0295. The molecule has 3 atom stereocenters. The Morgan fingerprint density at radius 3 is 2.25 bits per heavy atom.